The van der Waals surface area contributed by atoms with E-state index in [-0.39, 0.29) is 0 Å². The largest absolute Gasteiger partial charge is 0.397 e. The van der Waals surface area contributed by atoms with Gasteiger partial charge in [0, 0.05) is 29.7 Å². The minimum Gasteiger partial charge on any atom is -0.397 e. The maximum atomic E-state index is 6.25. The van der Waals surface area contributed by atoms with Crippen LogP contribution in [-0.4, -0.2) is 4.57 Å². The van der Waals surface area contributed by atoms with Crippen molar-refractivity contribution in [3.63, 3.8) is 0 Å². The molecule has 0 unspecified atom stereocenters. The van der Waals surface area contributed by atoms with Crippen LogP contribution in [0, 0.1) is 0 Å². The molecule has 96 valence electrons. The third-order valence-corrected chi connectivity index (χ3v) is 3.68. The summed E-state index contributed by atoms with van der Waals surface area (Å²) in [5, 5.41) is 1.79. The molecule has 2 aromatic carbocycles. The van der Waals surface area contributed by atoms with Crippen molar-refractivity contribution in [2.45, 2.75) is 0 Å². The van der Waals surface area contributed by atoms with E-state index < -0.39 is 0 Å². The Balaban J connectivity index is 2.21. The second-order valence-electron chi connectivity index (χ2n) is 4.66. The molecule has 3 nitrogen and oxygen atoms in total. The summed E-state index contributed by atoms with van der Waals surface area (Å²) in [4.78, 5) is 0. The van der Waals surface area contributed by atoms with Gasteiger partial charge in [-0.2, -0.15) is 0 Å². The first-order valence-electron chi connectivity index (χ1n) is 5.96. The van der Waals surface area contributed by atoms with Gasteiger partial charge in [0.05, 0.1) is 16.4 Å². The Labute approximate surface area is 116 Å². The lowest BCUT2D eigenvalue weighted by Gasteiger charge is -2.09. The fourth-order valence-corrected chi connectivity index (χ4v) is 2.56. The molecular weight excluding hydrogens is 258 g/mol. The smallest absolute Gasteiger partial charge is 0.0563 e. The number of aromatic nitrogens is 1. The lowest BCUT2D eigenvalue weighted by Crippen LogP contribution is -1.95. The van der Waals surface area contributed by atoms with Crippen molar-refractivity contribution in [2.24, 2.45) is 7.05 Å². The van der Waals surface area contributed by atoms with Crippen LogP contribution in [0.1, 0.15) is 0 Å². The fraction of sp³-hybridized carbons (Fsp3) is 0.0667. The van der Waals surface area contributed by atoms with Gasteiger partial charge in [-0.25, -0.2) is 0 Å². The summed E-state index contributed by atoms with van der Waals surface area (Å²) in [7, 11) is 2.02. The molecule has 0 aliphatic rings. The summed E-state index contributed by atoms with van der Waals surface area (Å²) in [5.41, 5.74) is 15.8. The van der Waals surface area contributed by atoms with Crippen LogP contribution in [0.3, 0.4) is 0 Å². The molecule has 0 atom stereocenters. The van der Waals surface area contributed by atoms with E-state index in [0.29, 0.717) is 16.4 Å². The van der Waals surface area contributed by atoms with Gasteiger partial charge in [-0.15, -0.1) is 0 Å². The van der Waals surface area contributed by atoms with Gasteiger partial charge in [0.2, 0.25) is 0 Å². The van der Waals surface area contributed by atoms with Crippen LogP contribution in [0.4, 0.5) is 11.4 Å². The Morgan fingerprint density at radius 1 is 1.00 bits per heavy atom. The molecular formula is C15H14ClN3. The molecule has 0 fully saturated rings. The van der Waals surface area contributed by atoms with Gasteiger partial charge in [0.25, 0.3) is 0 Å². The van der Waals surface area contributed by atoms with E-state index in [9.17, 15) is 0 Å². The van der Waals surface area contributed by atoms with E-state index in [2.05, 4.69) is 22.8 Å². The van der Waals surface area contributed by atoms with Crippen LogP contribution < -0.4 is 11.5 Å². The number of halogens is 1. The minimum absolute atomic E-state index is 0.509. The first kappa shape index (κ1) is 11.9. The van der Waals surface area contributed by atoms with Crippen molar-refractivity contribution in [3.05, 3.63) is 47.6 Å². The highest BCUT2D eigenvalue weighted by atomic mass is 35.5. The molecule has 0 amide bonds. The number of benzene rings is 2. The summed E-state index contributed by atoms with van der Waals surface area (Å²) in [6.07, 6.45) is 2.04. The van der Waals surface area contributed by atoms with Gasteiger partial charge in [-0.1, -0.05) is 17.7 Å². The number of hydrogen-bond acceptors (Lipinski definition) is 2. The predicted octanol–water partition coefficient (Wildman–Crippen LogP) is 3.66. The molecule has 19 heavy (non-hydrogen) atoms. The zero-order chi connectivity index (χ0) is 13.6. The van der Waals surface area contributed by atoms with Crippen molar-refractivity contribution in [1.82, 2.24) is 4.57 Å². The molecule has 0 radical (unpaired) electrons. The highest BCUT2D eigenvalue weighted by molar-refractivity contribution is 6.33. The molecule has 0 saturated carbocycles. The third kappa shape index (κ3) is 1.92. The normalized spacial score (nSPS) is 11.1. The maximum absolute atomic E-state index is 6.25. The Kier molecular flexibility index (Phi) is 2.64. The zero-order valence-corrected chi connectivity index (χ0v) is 11.3. The summed E-state index contributed by atoms with van der Waals surface area (Å²) >= 11 is 6.25. The Morgan fingerprint density at radius 2 is 1.74 bits per heavy atom. The summed E-state index contributed by atoms with van der Waals surface area (Å²) in [5.74, 6) is 0. The van der Waals surface area contributed by atoms with Gasteiger partial charge in [0.1, 0.15) is 0 Å². The van der Waals surface area contributed by atoms with Crippen LogP contribution in [0.15, 0.2) is 42.6 Å². The van der Waals surface area contributed by atoms with Crippen LogP contribution in [0.2, 0.25) is 5.02 Å². The van der Waals surface area contributed by atoms with E-state index >= 15 is 0 Å². The lowest BCUT2D eigenvalue weighted by molar-refractivity contribution is 0.969. The monoisotopic (exact) mass is 271 g/mol. The number of nitrogens with two attached hydrogens (primary N) is 2. The summed E-state index contributed by atoms with van der Waals surface area (Å²) in [6.45, 7) is 0. The molecule has 0 spiro atoms. The van der Waals surface area contributed by atoms with E-state index in [1.54, 1.807) is 6.07 Å². The van der Waals surface area contributed by atoms with Crippen molar-refractivity contribution in [1.29, 1.82) is 0 Å². The van der Waals surface area contributed by atoms with E-state index in [1.165, 1.54) is 10.9 Å². The highest BCUT2D eigenvalue weighted by Gasteiger charge is 2.08. The number of anilines is 2. The van der Waals surface area contributed by atoms with Crippen molar-refractivity contribution in [2.75, 3.05) is 11.5 Å². The van der Waals surface area contributed by atoms with Crippen molar-refractivity contribution >= 4 is 33.9 Å². The molecule has 0 saturated heterocycles. The Hall–Kier alpha value is -2.13. The number of fused-ring (bicyclic) bond motifs is 1. The quantitative estimate of drug-likeness (QED) is 0.664. The number of rotatable bonds is 1. The van der Waals surface area contributed by atoms with Crippen molar-refractivity contribution < 1.29 is 0 Å². The molecule has 0 bridgehead atoms. The fourth-order valence-electron chi connectivity index (χ4n) is 2.28. The molecule has 1 aromatic heterocycles. The van der Waals surface area contributed by atoms with Gasteiger partial charge in [0.15, 0.2) is 0 Å². The maximum Gasteiger partial charge on any atom is 0.0563 e. The van der Waals surface area contributed by atoms with Gasteiger partial charge >= 0.3 is 0 Å². The van der Waals surface area contributed by atoms with Crippen LogP contribution in [0.5, 0.6) is 0 Å². The van der Waals surface area contributed by atoms with E-state index in [1.807, 2.05) is 25.4 Å². The predicted molar refractivity (Wildman–Crippen MR) is 82.2 cm³/mol. The van der Waals surface area contributed by atoms with Gasteiger partial charge in [-0.05, 0) is 35.9 Å². The first-order valence-corrected chi connectivity index (χ1v) is 6.34. The lowest BCUT2D eigenvalue weighted by atomic mass is 10.0. The minimum atomic E-state index is 0.509. The first-order chi connectivity index (χ1) is 9.06. The SMILES string of the molecule is Cn1ccc2cc(-c3cc(N)c(N)cc3Cl)ccc21. The van der Waals surface area contributed by atoms with Crippen LogP contribution in [-0.2, 0) is 7.05 Å². The second-order valence-corrected chi connectivity index (χ2v) is 5.07. The summed E-state index contributed by atoms with van der Waals surface area (Å²) < 4.78 is 2.08. The molecule has 0 aliphatic heterocycles. The number of nitrogen functional groups attached to an aromatic ring is 2. The molecule has 4 heteroatoms. The second kappa shape index (κ2) is 4.21. The average Bonchev–Trinajstić information content (AvgIpc) is 2.75. The van der Waals surface area contributed by atoms with Gasteiger partial charge < -0.3 is 16.0 Å². The average molecular weight is 272 g/mol. The number of aryl methyl sites for hydroxylation is 1. The number of hydrogen-bond donors (Lipinski definition) is 2. The van der Waals surface area contributed by atoms with Crippen LogP contribution >= 0.6 is 11.6 Å². The standard InChI is InChI=1S/C15H14ClN3/c1-19-5-4-10-6-9(2-3-15(10)19)11-7-13(17)14(18)8-12(11)16/h2-8H,17-18H2,1H3. The molecule has 1 heterocycles. The molecule has 0 aliphatic carbocycles. The zero-order valence-electron chi connectivity index (χ0n) is 10.5. The van der Waals surface area contributed by atoms with Gasteiger partial charge in [-0.3, -0.25) is 0 Å². The topological polar surface area (TPSA) is 57.0 Å². The molecule has 3 aromatic rings. The Morgan fingerprint density at radius 3 is 2.53 bits per heavy atom. The van der Waals surface area contributed by atoms with Crippen LogP contribution in [0.25, 0.3) is 22.0 Å². The summed E-state index contributed by atoms with van der Waals surface area (Å²) in [6, 6.07) is 11.8. The Bertz CT molecular complexity index is 774. The van der Waals surface area contributed by atoms with E-state index in [4.69, 9.17) is 23.1 Å². The van der Waals surface area contributed by atoms with E-state index in [0.717, 1.165) is 11.1 Å². The number of nitrogens with zero attached hydrogens (tertiary/aromatic N) is 1. The third-order valence-electron chi connectivity index (χ3n) is 3.37. The highest BCUT2D eigenvalue weighted by Crippen LogP contribution is 2.34. The molecule has 4 N–H and O–H groups in total. The molecule has 3 rings (SSSR count). The van der Waals surface area contributed by atoms with Crippen molar-refractivity contribution in [3.8, 4) is 11.1 Å².